The maximum Gasteiger partial charge on any atom is 0.185 e. The van der Waals surface area contributed by atoms with Crippen LogP contribution in [0.2, 0.25) is 0 Å². The lowest BCUT2D eigenvalue weighted by Crippen LogP contribution is -2.40. The molecule has 1 N–H and O–H groups in total. The molecule has 5 heteroatoms. The van der Waals surface area contributed by atoms with E-state index in [0.29, 0.717) is 10.5 Å². The molecule has 3 rings (SSSR count). The zero-order chi connectivity index (χ0) is 14.1. The smallest absolute Gasteiger partial charge is 0.185 e. The van der Waals surface area contributed by atoms with Crippen LogP contribution in [0.5, 0.6) is 0 Å². The van der Waals surface area contributed by atoms with Crippen molar-refractivity contribution in [2.24, 2.45) is 0 Å². The molecule has 112 valence electrons. The molecule has 0 aromatic carbocycles. The fourth-order valence-electron chi connectivity index (χ4n) is 2.86. The fraction of sp³-hybridized carbons (Fsp3) is 0.800. The normalized spacial score (nSPS) is 27.1. The van der Waals surface area contributed by atoms with E-state index >= 15 is 0 Å². The highest BCUT2D eigenvalue weighted by atomic mass is 32.2. The number of aromatic nitrogens is 1. The summed E-state index contributed by atoms with van der Waals surface area (Å²) in [6.45, 7) is 11.2. The molecule has 0 spiro atoms. The van der Waals surface area contributed by atoms with Crippen molar-refractivity contribution in [3.63, 3.8) is 0 Å². The molecule has 0 bridgehead atoms. The lowest BCUT2D eigenvalue weighted by Gasteiger charge is -2.34. The molecule has 1 aliphatic heterocycles. The van der Waals surface area contributed by atoms with E-state index in [1.54, 1.807) is 0 Å². The first kappa shape index (κ1) is 14.7. The lowest BCUT2D eigenvalue weighted by molar-refractivity contribution is 0.719. The summed E-state index contributed by atoms with van der Waals surface area (Å²) in [4.78, 5) is 9.00. The van der Waals surface area contributed by atoms with E-state index in [2.05, 4.69) is 42.7 Å². The third-order valence-corrected chi connectivity index (χ3v) is 6.27. The first-order valence-corrected chi connectivity index (χ1v) is 9.54. The molecule has 1 saturated heterocycles. The van der Waals surface area contributed by atoms with Crippen molar-refractivity contribution in [1.29, 1.82) is 0 Å². The molecule has 0 amide bonds. The van der Waals surface area contributed by atoms with E-state index in [1.165, 1.54) is 28.5 Å². The molecular formula is C15H25N3S2. The van der Waals surface area contributed by atoms with Crippen LogP contribution in [0, 0.1) is 0 Å². The first-order valence-electron chi connectivity index (χ1n) is 7.78. The van der Waals surface area contributed by atoms with Crippen molar-refractivity contribution < 1.29 is 0 Å². The molecule has 2 heterocycles. The van der Waals surface area contributed by atoms with E-state index in [-0.39, 0.29) is 0 Å². The summed E-state index contributed by atoms with van der Waals surface area (Å²) in [6.07, 6.45) is 2.68. The molecule has 2 fully saturated rings. The van der Waals surface area contributed by atoms with E-state index in [0.717, 1.165) is 32.1 Å². The largest absolute Gasteiger partial charge is 0.346 e. The predicted octanol–water partition coefficient (Wildman–Crippen LogP) is 3.46. The number of rotatable bonds is 5. The summed E-state index contributed by atoms with van der Waals surface area (Å²) in [7, 11) is 0. The van der Waals surface area contributed by atoms with Crippen LogP contribution in [0.25, 0.3) is 0 Å². The maximum absolute atomic E-state index is 5.01. The molecule has 1 saturated carbocycles. The quantitative estimate of drug-likeness (QED) is 0.901. The molecule has 20 heavy (non-hydrogen) atoms. The van der Waals surface area contributed by atoms with E-state index in [1.807, 2.05) is 11.3 Å². The zero-order valence-corrected chi connectivity index (χ0v) is 14.3. The number of hydrogen-bond acceptors (Lipinski definition) is 5. The Kier molecular flexibility index (Phi) is 4.58. The second kappa shape index (κ2) is 6.24. The van der Waals surface area contributed by atoms with Crippen LogP contribution in [-0.2, 0) is 6.54 Å². The molecule has 0 radical (unpaired) electrons. The Bertz CT molecular complexity index is 446. The van der Waals surface area contributed by atoms with Crippen LogP contribution in [0.1, 0.15) is 50.1 Å². The second-order valence-electron chi connectivity index (χ2n) is 6.02. The van der Waals surface area contributed by atoms with Gasteiger partial charge in [0.25, 0.3) is 0 Å². The molecule has 1 aromatic rings. The van der Waals surface area contributed by atoms with E-state index < -0.39 is 0 Å². The Hall–Kier alpha value is -0.260. The Morgan fingerprint density at radius 3 is 2.55 bits per heavy atom. The average Bonchev–Trinajstić information content (AvgIpc) is 3.15. The van der Waals surface area contributed by atoms with Gasteiger partial charge < -0.3 is 10.2 Å². The number of nitrogens with one attached hydrogen (secondary N) is 1. The molecule has 3 nitrogen and oxygen atoms in total. The molecular weight excluding hydrogens is 286 g/mol. The third kappa shape index (κ3) is 3.31. The van der Waals surface area contributed by atoms with Gasteiger partial charge in [-0.15, -0.1) is 11.3 Å². The van der Waals surface area contributed by atoms with Gasteiger partial charge in [0.05, 0.1) is 5.69 Å². The van der Waals surface area contributed by atoms with Crippen LogP contribution < -0.4 is 10.2 Å². The number of thioether (sulfide) groups is 1. The van der Waals surface area contributed by atoms with Gasteiger partial charge in [0.1, 0.15) is 0 Å². The minimum Gasteiger partial charge on any atom is -0.346 e. The van der Waals surface area contributed by atoms with Crippen LogP contribution in [-0.4, -0.2) is 35.1 Å². The van der Waals surface area contributed by atoms with Crippen LogP contribution in [0.4, 0.5) is 5.13 Å². The molecule has 1 aliphatic carbocycles. The Balaban J connectivity index is 1.78. The fourth-order valence-corrected chi connectivity index (χ4v) is 5.32. The SMILES string of the molecule is CCNCc1sc(N2CC(C)SC(C)C2)nc1C1CC1. The predicted molar refractivity (Wildman–Crippen MR) is 90.2 cm³/mol. The van der Waals surface area contributed by atoms with Crippen molar-refractivity contribution >= 4 is 28.2 Å². The standard InChI is InChI=1S/C15H25N3S2/c1-4-16-7-13-14(12-5-6-12)17-15(20-13)18-8-10(2)19-11(3)9-18/h10-12,16H,4-9H2,1-3H3. The summed E-state index contributed by atoms with van der Waals surface area (Å²) >= 11 is 4.03. The van der Waals surface area contributed by atoms with Crippen molar-refractivity contribution in [3.8, 4) is 0 Å². The minimum absolute atomic E-state index is 0.712. The lowest BCUT2D eigenvalue weighted by atomic mass is 10.2. The van der Waals surface area contributed by atoms with Gasteiger partial charge in [-0.25, -0.2) is 4.98 Å². The van der Waals surface area contributed by atoms with Gasteiger partial charge in [-0.3, -0.25) is 0 Å². The highest BCUT2D eigenvalue weighted by molar-refractivity contribution is 8.00. The highest BCUT2D eigenvalue weighted by Crippen LogP contribution is 2.44. The summed E-state index contributed by atoms with van der Waals surface area (Å²) < 4.78 is 0. The van der Waals surface area contributed by atoms with Crippen LogP contribution >= 0.6 is 23.1 Å². The van der Waals surface area contributed by atoms with Crippen molar-refractivity contribution in [2.45, 2.75) is 56.6 Å². The Morgan fingerprint density at radius 2 is 1.95 bits per heavy atom. The van der Waals surface area contributed by atoms with Gasteiger partial charge >= 0.3 is 0 Å². The molecule has 1 aromatic heterocycles. The first-order chi connectivity index (χ1) is 9.67. The monoisotopic (exact) mass is 311 g/mol. The van der Waals surface area contributed by atoms with E-state index in [4.69, 9.17) is 4.98 Å². The second-order valence-corrected chi connectivity index (χ2v) is 8.97. The van der Waals surface area contributed by atoms with Gasteiger partial charge in [-0.2, -0.15) is 11.8 Å². The van der Waals surface area contributed by atoms with Gasteiger partial charge in [0.2, 0.25) is 0 Å². The van der Waals surface area contributed by atoms with Gasteiger partial charge in [0, 0.05) is 40.9 Å². The molecule has 2 aliphatic rings. The highest BCUT2D eigenvalue weighted by Gasteiger charge is 2.31. The summed E-state index contributed by atoms with van der Waals surface area (Å²) in [5.41, 5.74) is 1.39. The van der Waals surface area contributed by atoms with Crippen molar-refractivity contribution in [3.05, 3.63) is 10.6 Å². The number of hydrogen-bond donors (Lipinski definition) is 1. The number of nitrogens with zero attached hydrogens (tertiary/aromatic N) is 2. The maximum atomic E-state index is 5.01. The van der Waals surface area contributed by atoms with Crippen LogP contribution in [0.15, 0.2) is 0 Å². The Morgan fingerprint density at radius 1 is 1.25 bits per heavy atom. The Labute approximate surface area is 130 Å². The summed E-state index contributed by atoms with van der Waals surface area (Å²) in [5, 5.41) is 6.16. The van der Waals surface area contributed by atoms with Gasteiger partial charge in [0.15, 0.2) is 5.13 Å². The van der Waals surface area contributed by atoms with Crippen molar-refractivity contribution in [2.75, 3.05) is 24.5 Å². The van der Waals surface area contributed by atoms with Crippen molar-refractivity contribution in [1.82, 2.24) is 10.3 Å². The van der Waals surface area contributed by atoms with Gasteiger partial charge in [-0.1, -0.05) is 20.8 Å². The summed E-state index contributed by atoms with van der Waals surface area (Å²) in [5.74, 6) is 0.752. The average molecular weight is 312 g/mol. The zero-order valence-electron chi connectivity index (χ0n) is 12.7. The van der Waals surface area contributed by atoms with E-state index in [9.17, 15) is 0 Å². The topological polar surface area (TPSA) is 28.2 Å². The molecule has 2 atom stereocenters. The minimum atomic E-state index is 0.712. The van der Waals surface area contributed by atoms with Crippen LogP contribution in [0.3, 0.4) is 0 Å². The number of anilines is 1. The summed E-state index contributed by atoms with van der Waals surface area (Å²) in [6, 6.07) is 0. The van der Waals surface area contributed by atoms with Gasteiger partial charge in [-0.05, 0) is 19.4 Å². The third-order valence-electron chi connectivity index (χ3n) is 3.91. The number of thiazole rings is 1. The molecule has 2 unspecified atom stereocenters.